The minimum atomic E-state index is -0.849. The largest absolute Gasteiger partial charge is 0.338 e. The average Bonchev–Trinajstić information content (AvgIpc) is 2.21. The maximum atomic E-state index is 11.6. The summed E-state index contributed by atoms with van der Waals surface area (Å²) in [6.07, 6.45) is 0.185. The quantitative estimate of drug-likeness (QED) is 0.876. The fraction of sp³-hybridized carbons (Fsp3) is 0.333. The van der Waals surface area contributed by atoms with Gasteiger partial charge in [0.25, 0.3) is 0 Å². The van der Waals surface area contributed by atoms with E-state index in [0.29, 0.717) is 5.02 Å². The van der Waals surface area contributed by atoms with Gasteiger partial charge in [-0.2, -0.15) is 5.26 Å². The van der Waals surface area contributed by atoms with Crippen LogP contribution in [0.1, 0.15) is 19.4 Å². The van der Waals surface area contributed by atoms with Crippen LogP contribution in [-0.4, -0.2) is 11.4 Å². The maximum absolute atomic E-state index is 11.6. The Morgan fingerprint density at radius 1 is 1.50 bits per heavy atom. The summed E-state index contributed by atoms with van der Waals surface area (Å²) in [4.78, 5) is 11.6. The molecule has 0 aliphatic rings. The number of hydrogen-bond acceptors (Lipinski definition) is 2. The smallest absolute Gasteiger partial charge is 0.225 e. The van der Waals surface area contributed by atoms with Crippen LogP contribution in [-0.2, 0) is 11.2 Å². The number of nitrogens with one attached hydrogen (secondary N) is 1. The summed E-state index contributed by atoms with van der Waals surface area (Å²) in [5.41, 5.74) is -0.0892. The number of hydrogen-bond donors (Lipinski definition) is 1. The molecule has 1 N–H and O–H groups in total. The molecule has 0 spiro atoms. The van der Waals surface area contributed by atoms with Gasteiger partial charge in [0.05, 0.1) is 12.5 Å². The molecule has 3 nitrogen and oxygen atoms in total. The number of rotatable bonds is 3. The molecule has 0 bridgehead atoms. The number of benzene rings is 1. The average molecular weight is 237 g/mol. The van der Waals surface area contributed by atoms with Crippen molar-refractivity contribution < 1.29 is 4.79 Å². The Labute approximate surface area is 100 Å². The molecule has 0 aliphatic carbocycles. The third-order valence-corrected chi connectivity index (χ3v) is 2.41. The van der Waals surface area contributed by atoms with Crippen molar-refractivity contribution in [1.29, 1.82) is 5.26 Å². The Balaban J connectivity index is 2.67. The zero-order chi connectivity index (χ0) is 12.2. The predicted octanol–water partition coefficient (Wildman–Crippen LogP) is 2.30. The van der Waals surface area contributed by atoms with Gasteiger partial charge in [0, 0.05) is 5.02 Å². The summed E-state index contributed by atoms with van der Waals surface area (Å²) in [5, 5.41) is 12.0. The van der Waals surface area contributed by atoms with Crippen molar-refractivity contribution in [2.24, 2.45) is 0 Å². The summed E-state index contributed by atoms with van der Waals surface area (Å²) in [6, 6.07) is 9.17. The van der Waals surface area contributed by atoms with E-state index in [2.05, 4.69) is 5.32 Å². The minimum Gasteiger partial charge on any atom is -0.338 e. The predicted molar refractivity (Wildman–Crippen MR) is 63.0 cm³/mol. The summed E-state index contributed by atoms with van der Waals surface area (Å²) >= 11 is 5.93. The number of carbonyl (C=O) groups is 1. The molecule has 0 unspecified atom stereocenters. The Bertz CT molecular complexity index is 435. The Morgan fingerprint density at radius 3 is 2.69 bits per heavy atom. The third-order valence-electron chi connectivity index (χ3n) is 2.04. The highest BCUT2D eigenvalue weighted by atomic mass is 35.5. The number of halogens is 1. The first kappa shape index (κ1) is 12.5. The fourth-order valence-electron chi connectivity index (χ4n) is 1.24. The van der Waals surface area contributed by atoms with Crippen LogP contribution in [0.2, 0.25) is 5.02 Å². The SMILES string of the molecule is CC(C)(C#N)NC(=O)Cc1ccccc1Cl. The van der Waals surface area contributed by atoms with Gasteiger partial charge >= 0.3 is 0 Å². The molecule has 84 valence electrons. The standard InChI is InChI=1S/C12H13ClN2O/c1-12(2,8-14)15-11(16)7-9-5-3-4-6-10(9)13/h3-6H,7H2,1-2H3,(H,15,16). The molecule has 1 aromatic carbocycles. The molecule has 1 amide bonds. The van der Waals surface area contributed by atoms with Gasteiger partial charge in [-0.05, 0) is 25.5 Å². The van der Waals surface area contributed by atoms with Crippen LogP contribution in [0.25, 0.3) is 0 Å². The van der Waals surface area contributed by atoms with Gasteiger partial charge in [-0.3, -0.25) is 4.79 Å². The van der Waals surface area contributed by atoms with Crippen LogP contribution < -0.4 is 5.32 Å². The minimum absolute atomic E-state index is 0.185. The van der Waals surface area contributed by atoms with Crippen molar-refractivity contribution >= 4 is 17.5 Å². The maximum Gasteiger partial charge on any atom is 0.225 e. The summed E-state index contributed by atoms with van der Waals surface area (Å²) in [6.45, 7) is 3.30. The molecule has 16 heavy (non-hydrogen) atoms. The van der Waals surface area contributed by atoms with Gasteiger partial charge in [0.1, 0.15) is 5.54 Å². The van der Waals surface area contributed by atoms with Crippen molar-refractivity contribution in [1.82, 2.24) is 5.32 Å². The Morgan fingerprint density at radius 2 is 2.12 bits per heavy atom. The second kappa shape index (κ2) is 5.00. The van der Waals surface area contributed by atoms with Crippen LogP contribution in [0.3, 0.4) is 0 Å². The van der Waals surface area contributed by atoms with E-state index in [9.17, 15) is 4.79 Å². The van der Waals surface area contributed by atoms with E-state index in [4.69, 9.17) is 16.9 Å². The van der Waals surface area contributed by atoms with Crippen molar-refractivity contribution in [3.8, 4) is 6.07 Å². The van der Waals surface area contributed by atoms with Gasteiger partial charge in [0.2, 0.25) is 5.91 Å². The number of carbonyl (C=O) groups excluding carboxylic acids is 1. The zero-order valence-corrected chi connectivity index (χ0v) is 10.0. The summed E-state index contributed by atoms with van der Waals surface area (Å²) < 4.78 is 0. The Hall–Kier alpha value is -1.53. The van der Waals surface area contributed by atoms with E-state index in [0.717, 1.165) is 5.56 Å². The molecule has 4 heteroatoms. The molecule has 0 fully saturated rings. The molecule has 0 aliphatic heterocycles. The van der Waals surface area contributed by atoms with Crippen LogP contribution in [0.4, 0.5) is 0 Å². The highest BCUT2D eigenvalue weighted by Gasteiger charge is 2.19. The number of nitriles is 1. The van der Waals surface area contributed by atoms with Crippen molar-refractivity contribution in [3.05, 3.63) is 34.9 Å². The lowest BCUT2D eigenvalue weighted by Crippen LogP contribution is -2.42. The first-order valence-corrected chi connectivity index (χ1v) is 5.28. The molecule has 0 heterocycles. The van der Waals surface area contributed by atoms with Crippen LogP contribution >= 0.6 is 11.6 Å². The molecular formula is C12H13ClN2O. The van der Waals surface area contributed by atoms with Crippen LogP contribution in [0.15, 0.2) is 24.3 Å². The zero-order valence-electron chi connectivity index (χ0n) is 9.25. The van der Waals surface area contributed by atoms with E-state index in [-0.39, 0.29) is 12.3 Å². The molecule has 0 saturated heterocycles. The van der Waals surface area contributed by atoms with Gasteiger partial charge in [0.15, 0.2) is 0 Å². The normalized spacial score (nSPS) is 10.6. The molecule has 0 radical (unpaired) electrons. The highest BCUT2D eigenvalue weighted by molar-refractivity contribution is 6.31. The molecule has 1 aromatic rings. The second-order valence-electron chi connectivity index (χ2n) is 4.05. The molecule has 0 aromatic heterocycles. The molecular weight excluding hydrogens is 224 g/mol. The lowest BCUT2D eigenvalue weighted by Gasteiger charge is -2.17. The summed E-state index contributed by atoms with van der Waals surface area (Å²) in [5.74, 6) is -0.209. The van der Waals surface area contributed by atoms with Crippen molar-refractivity contribution in [3.63, 3.8) is 0 Å². The monoisotopic (exact) mass is 236 g/mol. The molecule has 0 saturated carbocycles. The van der Waals surface area contributed by atoms with Gasteiger partial charge in [-0.1, -0.05) is 29.8 Å². The van der Waals surface area contributed by atoms with E-state index in [1.165, 1.54) is 0 Å². The molecule has 1 rings (SSSR count). The van der Waals surface area contributed by atoms with Gasteiger partial charge < -0.3 is 5.32 Å². The van der Waals surface area contributed by atoms with E-state index >= 15 is 0 Å². The number of nitrogens with zero attached hydrogens (tertiary/aromatic N) is 1. The van der Waals surface area contributed by atoms with Gasteiger partial charge in [-0.25, -0.2) is 0 Å². The highest BCUT2D eigenvalue weighted by Crippen LogP contribution is 2.15. The van der Waals surface area contributed by atoms with Crippen molar-refractivity contribution in [2.45, 2.75) is 25.8 Å². The second-order valence-corrected chi connectivity index (χ2v) is 4.46. The third kappa shape index (κ3) is 3.56. The topological polar surface area (TPSA) is 52.9 Å². The number of amides is 1. The molecule has 0 atom stereocenters. The lowest BCUT2D eigenvalue weighted by molar-refractivity contribution is -0.121. The van der Waals surface area contributed by atoms with E-state index < -0.39 is 5.54 Å². The van der Waals surface area contributed by atoms with Crippen LogP contribution in [0.5, 0.6) is 0 Å². The van der Waals surface area contributed by atoms with Crippen LogP contribution in [0, 0.1) is 11.3 Å². The first-order chi connectivity index (χ1) is 7.44. The first-order valence-electron chi connectivity index (χ1n) is 4.90. The lowest BCUT2D eigenvalue weighted by atomic mass is 10.1. The fourth-order valence-corrected chi connectivity index (χ4v) is 1.44. The van der Waals surface area contributed by atoms with E-state index in [1.807, 2.05) is 18.2 Å². The Kier molecular flexibility index (Phi) is 3.92. The summed E-state index contributed by atoms with van der Waals surface area (Å²) in [7, 11) is 0. The van der Waals surface area contributed by atoms with E-state index in [1.54, 1.807) is 26.0 Å². The van der Waals surface area contributed by atoms with Crippen molar-refractivity contribution in [2.75, 3.05) is 0 Å². The van der Waals surface area contributed by atoms with Gasteiger partial charge in [-0.15, -0.1) is 0 Å².